The number of nitrogens with zero attached hydrogens (tertiary/aromatic N) is 2. The molecule has 1 unspecified atom stereocenters. The Balaban J connectivity index is 1.47. The van der Waals surface area contributed by atoms with Crippen LogP contribution in [0.2, 0.25) is 5.02 Å². The molecule has 3 N–H and O–H groups in total. The number of benzene rings is 2. The molecule has 1 amide bonds. The molecule has 4 rings (SSSR count). The normalized spacial score (nSPS) is 15.9. The molecular weight excluding hydrogens is 388 g/mol. The Labute approximate surface area is 174 Å². The number of amides is 1. The zero-order valence-electron chi connectivity index (χ0n) is 15.7. The maximum Gasteiger partial charge on any atom is 0.255 e. The number of rotatable bonds is 6. The molecule has 1 saturated carbocycles. The van der Waals surface area contributed by atoms with Gasteiger partial charge < -0.3 is 10.4 Å². The first-order valence-electron chi connectivity index (χ1n) is 9.44. The summed E-state index contributed by atoms with van der Waals surface area (Å²) in [6, 6.07) is 14.5. The summed E-state index contributed by atoms with van der Waals surface area (Å²) in [7, 11) is 0. The van der Waals surface area contributed by atoms with Gasteiger partial charge in [-0.15, -0.1) is 0 Å². The van der Waals surface area contributed by atoms with Crippen LogP contribution in [0.4, 0.5) is 5.69 Å². The minimum atomic E-state index is -0.848. The number of carbonyl (C=O) groups excluding carboxylic acids is 1. The summed E-state index contributed by atoms with van der Waals surface area (Å²) in [5.41, 5.74) is 2.60. The molecule has 1 aliphatic rings. The Kier molecular flexibility index (Phi) is 5.58. The molecule has 1 atom stereocenters. The summed E-state index contributed by atoms with van der Waals surface area (Å²) in [6.07, 6.45) is 6.72. The van der Waals surface area contributed by atoms with E-state index in [1.165, 1.54) is 6.33 Å². The van der Waals surface area contributed by atoms with Crippen LogP contribution in [0.15, 0.2) is 67.3 Å². The van der Waals surface area contributed by atoms with Gasteiger partial charge in [0.05, 0.1) is 0 Å². The van der Waals surface area contributed by atoms with Crippen LogP contribution in [0.1, 0.15) is 47.0 Å². The van der Waals surface area contributed by atoms with Crippen molar-refractivity contribution < 1.29 is 9.90 Å². The number of aliphatic hydroxyl groups is 1. The van der Waals surface area contributed by atoms with Gasteiger partial charge in [-0.25, -0.2) is 9.97 Å². The van der Waals surface area contributed by atoms with Crippen LogP contribution in [-0.4, -0.2) is 21.0 Å². The molecule has 1 heterocycles. The van der Waals surface area contributed by atoms with E-state index in [1.54, 1.807) is 36.7 Å². The van der Waals surface area contributed by atoms with Crippen molar-refractivity contribution in [3.8, 4) is 0 Å². The number of carbonyl (C=O) groups is 1. The number of anilines is 1. The lowest BCUT2D eigenvalue weighted by Gasteiger charge is -2.44. The molecule has 7 heteroatoms. The van der Waals surface area contributed by atoms with Gasteiger partial charge in [-0.3, -0.25) is 10.1 Å². The van der Waals surface area contributed by atoms with E-state index in [9.17, 15) is 9.90 Å². The third-order valence-corrected chi connectivity index (χ3v) is 5.53. The van der Waals surface area contributed by atoms with Crippen molar-refractivity contribution >= 4 is 23.2 Å². The Morgan fingerprint density at radius 2 is 1.83 bits per heavy atom. The van der Waals surface area contributed by atoms with Gasteiger partial charge in [0.25, 0.3) is 5.91 Å². The fourth-order valence-electron chi connectivity index (χ4n) is 3.55. The smallest absolute Gasteiger partial charge is 0.255 e. The van der Waals surface area contributed by atoms with Crippen molar-refractivity contribution in [2.45, 2.75) is 31.0 Å². The minimum Gasteiger partial charge on any atom is -0.374 e. The molecule has 148 valence electrons. The van der Waals surface area contributed by atoms with E-state index in [4.69, 9.17) is 11.6 Å². The van der Waals surface area contributed by atoms with E-state index < -0.39 is 6.23 Å². The molecule has 0 bridgehead atoms. The third-order valence-electron chi connectivity index (χ3n) is 5.30. The Hall–Kier alpha value is -2.80. The number of hydrogen-bond acceptors (Lipinski definition) is 5. The topological polar surface area (TPSA) is 87.1 Å². The van der Waals surface area contributed by atoms with E-state index in [-0.39, 0.29) is 11.4 Å². The molecule has 1 aromatic heterocycles. The fraction of sp³-hybridized carbons (Fsp3) is 0.227. The van der Waals surface area contributed by atoms with Gasteiger partial charge in [-0.1, -0.05) is 29.8 Å². The van der Waals surface area contributed by atoms with E-state index in [0.29, 0.717) is 21.8 Å². The average Bonchev–Trinajstić information content (AvgIpc) is 2.72. The van der Waals surface area contributed by atoms with Crippen LogP contribution in [0.25, 0.3) is 0 Å². The predicted molar refractivity (Wildman–Crippen MR) is 112 cm³/mol. The van der Waals surface area contributed by atoms with E-state index in [2.05, 4.69) is 20.6 Å². The SMILES string of the molecule is O=C(Nc1ccc(C2(NC(O)c3cncnc3)CCC2)cc1)c1cccc(Cl)c1. The van der Waals surface area contributed by atoms with Gasteiger partial charge in [-0.05, 0) is 55.2 Å². The second kappa shape index (κ2) is 8.29. The quantitative estimate of drug-likeness (QED) is 0.536. The summed E-state index contributed by atoms with van der Waals surface area (Å²) in [4.78, 5) is 20.3. The van der Waals surface area contributed by atoms with Crippen molar-refractivity contribution in [3.05, 3.63) is 89.0 Å². The molecule has 1 fully saturated rings. The van der Waals surface area contributed by atoms with Gasteiger partial charge in [-0.2, -0.15) is 0 Å². The van der Waals surface area contributed by atoms with Gasteiger partial charge in [0.1, 0.15) is 12.6 Å². The number of hydrogen-bond donors (Lipinski definition) is 3. The third kappa shape index (κ3) is 4.29. The van der Waals surface area contributed by atoms with Crippen molar-refractivity contribution in [3.63, 3.8) is 0 Å². The highest BCUT2D eigenvalue weighted by Gasteiger charge is 2.40. The molecular formula is C22H21ClN4O2. The van der Waals surface area contributed by atoms with Crippen LogP contribution in [0.3, 0.4) is 0 Å². The molecule has 3 aromatic rings. The number of aliphatic hydroxyl groups excluding tert-OH is 1. The first-order valence-corrected chi connectivity index (χ1v) is 9.82. The van der Waals surface area contributed by atoms with E-state index >= 15 is 0 Å². The lowest BCUT2D eigenvalue weighted by atomic mass is 9.71. The largest absolute Gasteiger partial charge is 0.374 e. The van der Waals surface area contributed by atoms with Gasteiger partial charge in [0.15, 0.2) is 0 Å². The first kappa shape index (κ1) is 19.5. The number of halogens is 1. The maximum atomic E-state index is 12.4. The van der Waals surface area contributed by atoms with Gasteiger partial charge in [0, 0.05) is 39.8 Å². The van der Waals surface area contributed by atoms with Crippen LogP contribution < -0.4 is 10.6 Å². The summed E-state index contributed by atoms with van der Waals surface area (Å²) >= 11 is 5.96. The van der Waals surface area contributed by atoms with Crippen molar-refractivity contribution in [1.29, 1.82) is 0 Å². The van der Waals surface area contributed by atoms with Gasteiger partial charge >= 0.3 is 0 Å². The molecule has 0 aliphatic heterocycles. The number of nitrogens with one attached hydrogen (secondary N) is 2. The molecule has 29 heavy (non-hydrogen) atoms. The Bertz CT molecular complexity index is 991. The average molecular weight is 409 g/mol. The highest BCUT2D eigenvalue weighted by molar-refractivity contribution is 6.31. The van der Waals surface area contributed by atoms with Crippen LogP contribution in [-0.2, 0) is 5.54 Å². The van der Waals surface area contributed by atoms with Crippen molar-refractivity contribution in [1.82, 2.24) is 15.3 Å². The molecule has 0 saturated heterocycles. The zero-order chi connectivity index (χ0) is 20.3. The number of aromatic nitrogens is 2. The van der Waals surface area contributed by atoms with E-state index in [0.717, 1.165) is 24.8 Å². The second-order valence-electron chi connectivity index (χ2n) is 7.20. The minimum absolute atomic E-state index is 0.212. The fourth-order valence-corrected chi connectivity index (χ4v) is 3.74. The summed E-state index contributed by atoms with van der Waals surface area (Å²) in [5, 5.41) is 17.3. The van der Waals surface area contributed by atoms with Crippen LogP contribution in [0.5, 0.6) is 0 Å². The highest BCUT2D eigenvalue weighted by Crippen LogP contribution is 2.43. The Morgan fingerprint density at radius 3 is 2.45 bits per heavy atom. The molecule has 0 spiro atoms. The predicted octanol–water partition coefficient (Wildman–Crippen LogP) is 4.04. The van der Waals surface area contributed by atoms with Crippen LogP contribution in [0, 0.1) is 0 Å². The maximum absolute atomic E-state index is 12.4. The molecule has 0 radical (unpaired) electrons. The monoisotopic (exact) mass is 408 g/mol. The Morgan fingerprint density at radius 1 is 1.10 bits per heavy atom. The molecule has 1 aliphatic carbocycles. The second-order valence-corrected chi connectivity index (χ2v) is 7.63. The van der Waals surface area contributed by atoms with Crippen molar-refractivity contribution in [2.75, 3.05) is 5.32 Å². The highest BCUT2D eigenvalue weighted by atomic mass is 35.5. The van der Waals surface area contributed by atoms with Gasteiger partial charge in [0.2, 0.25) is 0 Å². The van der Waals surface area contributed by atoms with Crippen molar-refractivity contribution in [2.24, 2.45) is 0 Å². The lowest BCUT2D eigenvalue weighted by molar-refractivity contribution is 0.0503. The first-order chi connectivity index (χ1) is 14.1. The molecule has 6 nitrogen and oxygen atoms in total. The summed E-state index contributed by atoms with van der Waals surface area (Å²) in [5.74, 6) is -0.212. The molecule has 2 aromatic carbocycles. The standard InChI is InChI=1S/C22H21ClN4O2/c23-18-4-1-3-15(11-18)20(28)26-19-7-5-17(6-8-19)22(9-2-10-22)27-21(29)16-12-24-14-25-13-16/h1,3-8,11-14,21,27,29H,2,9-10H2,(H,26,28). The summed E-state index contributed by atoms with van der Waals surface area (Å²) < 4.78 is 0. The lowest BCUT2D eigenvalue weighted by Crippen LogP contribution is -2.49. The van der Waals surface area contributed by atoms with E-state index in [1.807, 2.05) is 24.3 Å². The van der Waals surface area contributed by atoms with Crippen LogP contribution >= 0.6 is 11.6 Å². The summed E-state index contributed by atoms with van der Waals surface area (Å²) in [6.45, 7) is 0. The zero-order valence-corrected chi connectivity index (χ0v) is 16.4.